The van der Waals surface area contributed by atoms with Gasteiger partial charge in [-0.1, -0.05) is 0 Å². The molecule has 0 radical (unpaired) electrons. The zero-order valence-electron chi connectivity index (χ0n) is 10.8. The van der Waals surface area contributed by atoms with Crippen molar-refractivity contribution in [1.82, 2.24) is 0 Å². The van der Waals surface area contributed by atoms with Crippen molar-refractivity contribution in [3.05, 3.63) is 0 Å². The Bertz CT molecular complexity index is 469. The predicted molar refractivity (Wildman–Crippen MR) is 55.1 cm³/mol. The van der Waals surface area contributed by atoms with Gasteiger partial charge in [0.1, 0.15) is 0 Å². The fourth-order valence-corrected chi connectivity index (χ4v) is 0.985. The Morgan fingerprint density at radius 3 is 1.22 bits per heavy atom. The summed E-state index contributed by atoms with van der Waals surface area (Å²) in [6, 6.07) is 0. The SMILES string of the molecule is O=C(O)CC(CC(=O)O)(OC(=O)O)C(=O)O.OO.[O]=[Mo](=[O])([OH])[OH]. The number of rotatable bonds is 6. The number of hydrogen-bond acceptors (Lipinski definition) is 9. The van der Waals surface area contributed by atoms with Crippen LogP contribution in [-0.4, -0.2) is 68.1 Å². The molecule has 136 valence electrons. The van der Waals surface area contributed by atoms with Crippen molar-refractivity contribution in [1.29, 1.82) is 0 Å². The van der Waals surface area contributed by atoms with Gasteiger partial charge in [-0.15, -0.1) is 0 Å². The van der Waals surface area contributed by atoms with Gasteiger partial charge in [0, 0.05) is 0 Å². The summed E-state index contributed by atoms with van der Waals surface area (Å²) < 4.78 is 35.9. The van der Waals surface area contributed by atoms with Gasteiger partial charge in [-0.25, -0.2) is 9.59 Å². The van der Waals surface area contributed by atoms with E-state index in [4.69, 9.17) is 45.3 Å². The van der Waals surface area contributed by atoms with Crippen LogP contribution in [0, 0.1) is 0 Å². The predicted octanol–water partition coefficient (Wildman–Crippen LogP) is -1.88. The summed E-state index contributed by atoms with van der Waals surface area (Å²) in [4.78, 5) is 41.6. The van der Waals surface area contributed by atoms with Crippen LogP contribution in [0.5, 0.6) is 0 Å². The van der Waals surface area contributed by atoms with Gasteiger partial charge >= 0.3 is 55.1 Å². The Labute approximate surface area is 129 Å². The van der Waals surface area contributed by atoms with E-state index < -0.39 is 59.3 Å². The molecule has 0 rings (SSSR count). The summed E-state index contributed by atoms with van der Waals surface area (Å²) in [5.74, 6) is -5.35. The number of carboxylic acids is 3. The zero-order chi connectivity index (χ0) is 19.4. The topological polar surface area (TPSA) is 273 Å². The van der Waals surface area contributed by atoms with Crippen LogP contribution in [0.15, 0.2) is 0 Å². The number of carboxylic acid groups (broad SMARTS) is 4. The van der Waals surface area contributed by atoms with Gasteiger partial charge in [0.2, 0.25) is 5.60 Å². The molecule has 0 fully saturated rings. The second-order valence-corrected chi connectivity index (χ2v) is 5.46. The van der Waals surface area contributed by atoms with Crippen molar-refractivity contribution in [2.75, 3.05) is 0 Å². The van der Waals surface area contributed by atoms with Gasteiger partial charge in [0.15, 0.2) is 0 Å². The molecule has 0 aliphatic heterocycles. The molecular weight excluding hydrogens is 420 g/mol. The maximum atomic E-state index is 10.7. The molecule has 0 aromatic carbocycles. The molecule has 15 nitrogen and oxygen atoms in total. The molecule has 0 aromatic heterocycles. The van der Waals surface area contributed by atoms with Crippen molar-refractivity contribution in [2.45, 2.75) is 18.4 Å². The van der Waals surface area contributed by atoms with Crippen LogP contribution >= 0.6 is 0 Å². The van der Waals surface area contributed by atoms with Crippen molar-refractivity contribution in [2.24, 2.45) is 0 Å². The van der Waals surface area contributed by atoms with E-state index in [0.717, 1.165) is 0 Å². The van der Waals surface area contributed by atoms with E-state index in [1.54, 1.807) is 0 Å². The van der Waals surface area contributed by atoms with Crippen LogP contribution in [0.3, 0.4) is 0 Å². The first-order valence-electron chi connectivity index (χ1n) is 4.68. The molecule has 0 atom stereocenters. The zero-order valence-corrected chi connectivity index (χ0v) is 12.8. The Morgan fingerprint density at radius 2 is 1.09 bits per heavy atom. The molecule has 8 N–H and O–H groups in total. The van der Waals surface area contributed by atoms with Crippen LogP contribution in [-0.2, 0) is 42.7 Å². The van der Waals surface area contributed by atoms with E-state index in [1.165, 1.54) is 0 Å². The van der Waals surface area contributed by atoms with Gasteiger partial charge in [-0.05, 0) is 0 Å². The monoisotopic (exact) mass is 434 g/mol. The first-order valence-corrected chi connectivity index (χ1v) is 8.12. The van der Waals surface area contributed by atoms with Crippen LogP contribution < -0.4 is 0 Å². The summed E-state index contributed by atoms with van der Waals surface area (Å²) in [5.41, 5.74) is -2.82. The first-order chi connectivity index (χ1) is 10.2. The molecule has 23 heavy (non-hydrogen) atoms. The number of carbonyl (C=O) groups is 4. The van der Waals surface area contributed by atoms with Crippen molar-refractivity contribution in [3.63, 3.8) is 0 Å². The summed E-state index contributed by atoms with van der Waals surface area (Å²) >= 11 is -5.52. The van der Waals surface area contributed by atoms with Gasteiger partial charge in [-0.3, -0.25) is 20.1 Å². The van der Waals surface area contributed by atoms with E-state index in [9.17, 15) is 19.2 Å². The van der Waals surface area contributed by atoms with Crippen LogP contribution in [0.4, 0.5) is 4.79 Å². The summed E-state index contributed by atoms with van der Waals surface area (Å²) in [7, 11) is 0. The van der Waals surface area contributed by atoms with Crippen LogP contribution in [0.2, 0.25) is 0 Å². The van der Waals surface area contributed by atoms with Crippen molar-refractivity contribution in [3.8, 4) is 0 Å². The van der Waals surface area contributed by atoms with E-state index in [1.807, 2.05) is 0 Å². The van der Waals surface area contributed by atoms with Crippen molar-refractivity contribution >= 4 is 24.1 Å². The standard InChI is InChI=1S/C7H8O9.Mo.H2O2.2H2O.2O/c8-3(9)1-7(5(12)13,2-4(10)11)16-6(14)15;;1-2;;;;/h1-2H2,(H,8,9)(H,10,11)(H,12,13)(H,14,15);;1-2H;2*1H2;;/q;+2;;;;;/p-2. The van der Waals surface area contributed by atoms with Gasteiger partial charge < -0.3 is 25.2 Å². The average molecular weight is 432 g/mol. The Morgan fingerprint density at radius 1 is 0.826 bits per heavy atom. The molecule has 0 aliphatic carbocycles. The van der Waals surface area contributed by atoms with Gasteiger partial charge in [0.05, 0.1) is 12.8 Å². The second kappa shape index (κ2) is 11.4. The average Bonchev–Trinajstić information content (AvgIpc) is 2.25. The van der Waals surface area contributed by atoms with E-state index in [0.29, 0.717) is 0 Å². The maximum absolute atomic E-state index is 10.7. The fraction of sp³-hybridized carbons (Fsp3) is 0.429. The molecule has 0 saturated heterocycles. The minimum absolute atomic E-state index is 1.28. The molecular formula is C7H12MoO15. The summed E-state index contributed by atoms with van der Waals surface area (Å²) in [6.07, 6.45) is -4.62. The number of aliphatic carboxylic acids is 3. The van der Waals surface area contributed by atoms with Crippen LogP contribution in [0.25, 0.3) is 0 Å². The Kier molecular flexibility index (Phi) is 12.7. The van der Waals surface area contributed by atoms with E-state index >= 15 is 0 Å². The molecule has 16 heteroatoms. The third-order valence-corrected chi connectivity index (χ3v) is 1.55. The summed E-state index contributed by atoms with van der Waals surface area (Å²) in [5, 5.41) is 45.7. The van der Waals surface area contributed by atoms with Crippen LogP contribution in [0.1, 0.15) is 12.8 Å². The number of ether oxygens (including phenoxy) is 1. The Hall–Kier alpha value is -2.19. The Balaban J connectivity index is -0.000000483. The summed E-state index contributed by atoms with van der Waals surface area (Å²) in [6.45, 7) is 0. The molecule has 0 aliphatic rings. The first kappa shape index (κ1) is 25.7. The van der Waals surface area contributed by atoms with Gasteiger partial charge in [-0.2, -0.15) is 0 Å². The van der Waals surface area contributed by atoms with E-state index in [-0.39, 0.29) is 0 Å². The molecule has 0 heterocycles. The molecule has 0 spiro atoms. The fourth-order valence-electron chi connectivity index (χ4n) is 0.985. The molecule has 0 amide bonds. The number of hydrogen-bond donors (Lipinski definition) is 8. The van der Waals surface area contributed by atoms with E-state index in [2.05, 4.69) is 4.74 Å². The second-order valence-electron chi connectivity index (χ2n) is 3.26. The molecule has 0 aromatic rings. The normalized spacial score (nSPS) is 10.1. The van der Waals surface area contributed by atoms with Gasteiger partial charge in [0.25, 0.3) is 0 Å². The molecule has 0 bridgehead atoms. The molecule has 0 unspecified atom stereocenters. The van der Waals surface area contributed by atoms with Crippen molar-refractivity contribution < 1.29 is 85.9 Å². The molecule has 0 saturated carbocycles. The third kappa shape index (κ3) is 17.8. The minimum atomic E-state index is -5.52. The third-order valence-electron chi connectivity index (χ3n) is 1.55. The quantitative estimate of drug-likeness (QED) is 0.0986.